The third-order valence-corrected chi connectivity index (χ3v) is 4.84. The molecule has 138 valence electrons. The van der Waals surface area contributed by atoms with Crippen LogP contribution in [0.4, 0.5) is 0 Å². The monoisotopic (exact) mass is 362 g/mol. The van der Waals surface area contributed by atoms with E-state index in [0.29, 0.717) is 31.9 Å². The van der Waals surface area contributed by atoms with Gasteiger partial charge in [0, 0.05) is 29.8 Å². The van der Waals surface area contributed by atoms with E-state index in [2.05, 4.69) is 21.6 Å². The Kier molecular flexibility index (Phi) is 5.00. The summed E-state index contributed by atoms with van der Waals surface area (Å²) in [6.07, 6.45) is 0.836. The summed E-state index contributed by atoms with van der Waals surface area (Å²) in [5.74, 6) is -0.120. The van der Waals surface area contributed by atoms with E-state index >= 15 is 0 Å². The van der Waals surface area contributed by atoms with Gasteiger partial charge in [0.2, 0.25) is 0 Å². The fraction of sp³-hybridized carbons (Fsp3) is 0.238. The van der Waals surface area contributed by atoms with Crippen LogP contribution in [0.2, 0.25) is 0 Å². The summed E-state index contributed by atoms with van der Waals surface area (Å²) in [5, 5.41) is 10.3. The molecule has 2 heterocycles. The molecule has 3 aromatic rings. The summed E-state index contributed by atoms with van der Waals surface area (Å²) in [6, 6.07) is 15.7. The van der Waals surface area contributed by atoms with Crippen LogP contribution in [0, 0.1) is 0 Å². The van der Waals surface area contributed by atoms with Gasteiger partial charge in [0.15, 0.2) is 0 Å². The number of hydrogen-bond donors (Lipinski definition) is 3. The summed E-state index contributed by atoms with van der Waals surface area (Å²) in [4.78, 5) is 12.5. The third kappa shape index (κ3) is 3.77. The van der Waals surface area contributed by atoms with Gasteiger partial charge in [-0.25, -0.2) is 0 Å². The van der Waals surface area contributed by atoms with Gasteiger partial charge in [-0.3, -0.25) is 9.89 Å². The molecule has 4 rings (SSSR count). The van der Waals surface area contributed by atoms with Crippen molar-refractivity contribution in [1.29, 1.82) is 0 Å². The Morgan fingerprint density at radius 1 is 1.19 bits per heavy atom. The number of nitrogens with two attached hydrogens (primary N) is 1. The van der Waals surface area contributed by atoms with Gasteiger partial charge in [-0.05, 0) is 34.9 Å². The van der Waals surface area contributed by atoms with Gasteiger partial charge in [0.25, 0.3) is 5.91 Å². The number of aromatic nitrogens is 2. The van der Waals surface area contributed by atoms with Crippen LogP contribution in [0.3, 0.4) is 0 Å². The molecule has 0 bridgehead atoms. The summed E-state index contributed by atoms with van der Waals surface area (Å²) in [5.41, 5.74) is 12.6. The lowest BCUT2D eigenvalue weighted by Crippen LogP contribution is -2.24. The maximum absolute atomic E-state index is 12.5. The molecule has 1 aliphatic rings. The second-order valence-corrected chi connectivity index (χ2v) is 6.59. The Labute approximate surface area is 157 Å². The number of carbonyl (C=O) groups is 1. The molecule has 0 radical (unpaired) electrons. The van der Waals surface area contributed by atoms with Crippen LogP contribution >= 0.6 is 0 Å². The van der Waals surface area contributed by atoms with Crippen LogP contribution in [0.25, 0.3) is 11.1 Å². The predicted octanol–water partition coefficient (Wildman–Crippen LogP) is 2.54. The standard InChI is InChI=1S/C21H22N4O2/c22-11-14-2-1-3-17(10-14)15-4-6-16(7-5-15)21(26)23-12-20-18-13-27-9-8-19(18)24-25-20/h1-7,10H,8-9,11-13,22H2,(H,23,26)(H,24,25). The second-order valence-electron chi connectivity index (χ2n) is 6.59. The lowest BCUT2D eigenvalue weighted by Gasteiger charge is -2.12. The molecule has 1 aromatic heterocycles. The minimum atomic E-state index is -0.120. The quantitative estimate of drug-likeness (QED) is 0.650. The molecule has 2 aromatic carbocycles. The first-order valence-electron chi connectivity index (χ1n) is 9.05. The molecule has 0 unspecified atom stereocenters. The number of nitrogens with zero attached hydrogens (tertiary/aromatic N) is 1. The van der Waals surface area contributed by atoms with Crippen LogP contribution in [0.1, 0.15) is 32.9 Å². The third-order valence-electron chi connectivity index (χ3n) is 4.84. The zero-order chi connectivity index (χ0) is 18.6. The zero-order valence-corrected chi connectivity index (χ0v) is 15.0. The number of fused-ring (bicyclic) bond motifs is 1. The summed E-state index contributed by atoms with van der Waals surface area (Å²) < 4.78 is 5.48. The number of H-pyrrole nitrogens is 1. The number of carbonyl (C=O) groups excluding carboxylic acids is 1. The van der Waals surface area contributed by atoms with E-state index in [1.807, 2.05) is 42.5 Å². The molecular weight excluding hydrogens is 340 g/mol. The smallest absolute Gasteiger partial charge is 0.251 e. The maximum atomic E-state index is 12.5. The lowest BCUT2D eigenvalue weighted by atomic mass is 10.0. The van der Waals surface area contributed by atoms with Crippen molar-refractivity contribution in [2.45, 2.75) is 26.1 Å². The molecule has 6 nitrogen and oxygen atoms in total. The van der Waals surface area contributed by atoms with Gasteiger partial charge in [0.1, 0.15) is 0 Å². The van der Waals surface area contributed by atoms with E-state index in [1.54, 1.807) is 0 Å². The number of amides is 1. The highest BCUT2D eigenvalue weighted by Gasteiger charge is 2.17. The topological polar surface area (TPSA) is 93.0 Å². The van der Waals surface area contributed by atoms with E-state index in [1.165, 1.54) is 0 Å². The normalized spacial score (nSPS) is 13.2. The van der Waals surface area contributed by atoms with Crippen molar-refractivity contribution in [3.8, 4) is 11.1 Å². The average Bonchev–Trinajstić information content (AvgIpc) is 3.15. The molecule has 0 spiro atoms. The number of nitrogens with one attached hydrogen (secondary N) is 2. The van der Waals surface area contributed by atoms with Crippen molar-refractivity contribution >= 4 is 5.91 Å². The van der Waals surface area contributed by atoms with Gasteiger partial charge in [-0.15, -0.1) is 0 Å². The van der Waals surface area contributed by atoms with Crippen LogP contribution in [0.5, 0.6) is 0 Å². The van der Waals surface area contributed by atoms with Crippen molar-refractivity contribution in [1.82, 2.24) is 15.5 Å². The van der Waals surface area contributed by atoms with Crippen LogP contribution in [-0.4, -0.2) is 22.7 Å². The molecule has 0 saturated carbocycles. The van der Waals surface area contributed by atoms with Crippen molar-refractivity contribution in [3.63, 3.8) is 0 Å². The summed E-state index contributed by atoms with van der Waals surface area (Å²) in [6.45, 7) is 2.15. The summed E-state index contributed by atoms with van der Waals surface area (Å²) in [7, 11) is 0. The van der Waals surface area contributed by atoms with E-state index in [-0.39, 0.29) is 5.91 Å². The molecule has 1 amide bonds. The van der Waals surface area contributed by atoms with Gasteiger partial charge in [-0.1, -0.05) is 30.3 Å². The number of rotatable bonds is 5. The highest BCUT2D eigenvalue weighted by atomic mass is 16.5. The number of aromatic amines is 1. The first kappa shape index (κ1) is 17.5. The fourth-order valence-corrected chi connectivity index (χ4v) is 3.27. The molecule has 0 atom stereocenters. The minimum Gasteiger partial charge on any atom is -0.376 e. The zero-order valence-electron chi connectivity index (χ0n) is 15.0. The van der Waals surface area contributed by atoms with Crippen molar-refractivity contribution in [3.05, 3.63) is 76.6 Å². The first-order valence-corrected chi connectivity index (χ1v) is 9.05. The molecule has 6 heteroatoms. The van der Waals surface area contributed by atoms with Crippen molar-refractivity contribution < 1.29 is 9.53 Å². The molecular formula is C21H22N4O2. The SMILES string of the molecule is NCc1cccc(-c2ccc(C(=O)NCc3n[nH]c4c3COCC4)cc2)c1. The maximum Gasteiger partial charge on any atom is 0.251 e. The Bertz CT molecular complexity index is 947. The lowest BCUT2D eigenvalue weighted by molar-refractivity contribution is 0.0947. The van der Waals surface area contributed by atoms with Crippen LogP contribution in [0.15, 0.2) is 48.5 Å². The van der Waals surface area contributed by atoms with E-state index in [4.69, 9.17) is 10.5 Å². The largest absolute Gasteiger partial charge is 0.376 e. The van der Waals surface area contributed by atoms with Gasteiger partial charge >= 0.3 is 0 Å². The molecule has 0 fully saturated rings. The van der Waals surface area contributed by atoms with Gasteiger partial charge in [-0.2, -0.15) is 5.10 Å². The number of ether oxygens (including phenoxy) is 1. The Balaban J connectivity index is 1.42. The summed E-state index contributed by atoms with van der Waals surface area (Å²) >= 11 is 0. The van der Waals surface area contributed by atoms with E-state index in [0.717, 1.165) is 40.1 Å². The van der Waals surface area contributed by atoms with Gasteiger partial charge in [0.05, 0.1) is 25.5 Å². The molecule has 0 aliphatic carbocycles. The Morgan fingerprint density at radius 2 is 2.04 bits per heavy atom. The Morgan fingerprint density at radius 3 is 2.85 bits per heavy atom. The number of benzene rings is 2. The highest BCUT2D eigenvalue weighted by molar-refractivity contribution is 5.94. The molecule has 1 aliphatic heterocycles. The average molecular weight is 362 g/mol. The van der Waals surface area contributed by atoms with Crippen LogP contribution in [-0.2, 0) is 30.9 Å². The molecule has 27 heavy (non-hydrogen) atoms. The Hall–Kier alpha value is -2.96. The number of hydrogen-bond acceptors (Lipinski definition) is 4. The van der Waals surface area contributed by atoms with Crippen LogP contribution < -0.4 is 11.1 Å². The second kappa shape index (κ2) is 7.73. The van der Waals surface area contributed by atoms with Crippen molar-refractivity contribution in [2.75, 3.05) is 6.61 Å². The minimum absolute atomic E-state index is 0.120. The predicted molar refractivity (Wildman–Crippen MR) is 103 cm³/mol. The van der Waals surface area contributed by atoms with E-state index < -0.39 is 0 Å². The van der Waals surface area contributed by atoms with Crippen molar-refractivity contribution in [2.24, 2.45) is 5.73 Å². The van der Waals surface area contributed by atoms with Gasteiger partial charge < -0.3 is 15.8 Å². The molecule has 4 N–H and O–H groups in total. The first-order chi connectivity index (χ1) is 13.2. The molecule has 0 saturated heterocycles. The highest BCUT2D eigenvalue weighted by Crippen LogP contribution is 2.21. The van der Waals surface area contributed by atoms with E-state index in [9.17, 15) is 4.79 Å². The fourth-order valence-electron chi connectivity index (χ4n) is 3.27.